The van der Waals surface area contributed by atoms with Gasteiger partial charge in [-0.2, -0.15) is 0 Å². The van der Waals surface area contributed by atoms with E-state index in [9.17, 15) is 9.18 Å². The van der Waals surface area contributed by atoms with E-state index < -0.39 is 11.4 Å². The van der Waals surface area contributed by atoms with Crippen molar-refractivity contribution in [3.05, 3.63) is 47.8 Å². The van der Waals surface area contributed by atoms with Crippen LogP contribution in [-0.2, 0) is 4.74 Å². The van der Waals surface area contributed by atoms with Crippen LogP contribution >= 0.6 is 0 Å². The van der Waals surface area contributed by atoms with Crippen molar-refractivity contribution in [1.82, 2.24) is 4.90 Å². The number of rotatable bonds is 5. The van der Waals surface area contributed by atoms with Crippen LogP contribution in [0.5, 0.6) is 11.5 Å². The lowest BCUT2D eigenvalue weighted by atomic mass is 9.96. The van der Waals surface area contributed by atoms with Crippen LogP contribution in [0.15, 0.2) is 36.4 Å². The summed E-state index contributed by atoms with van der Waals surface area (Å²) in [6, 6.07) is 9.93. The molecule has 0 bridgehead atoms. The topological polar surface area (TPSA) is 68.0 Å². The van der Waals surface area contributed by atoms with Gasteiger partial charge in [0.15, 0.2) is 11.6 Å². The number of halogens is 1. The van der Waals surface area contributed by atoms with Crippen LogP contribution in [0.3, 0.4) is 0 Å². The quantitative estimate of drug-likeness (QED) is 0.610. The molecule has 2 aromatic carbocycles. The number of nitrogens with two attached hydrogens (primary N) is 1. The normalized spacial score (nSPS) is 16.6. The first-order valence-corrected chi connectivity index (χ1v) is 11.1. The molecule has 2 N–H and O–H groups in total. The lowest BCUT2D eigenvalue weighted by Crippen LogP contribution is -2.43. The molecule has 1 fully saturated rings. The molecular weight excluding hydrogens is 409 g/mol. The molecule has 1 aliphatic heterocycles. The van der Waals surface area contributed by atoms with E-state index in [1.807, 2.05) is 27.7 Å². The number of benzene rings is 2. The van der Waals surface area contributed by atoms with Gasteiger partial charge in [0.2, 0.25) is 0 Å². The summed E-state index contributed by atoms with van der Waals surface area (Å²) in [5.41, 5.74) is 8.27. The fraction of sp³-hybridized carbons (Fsp3) is 0.480. The van der Waals surface area contributed by atoms with Gasteiger partial charge in [0, 0.05) is 32.2 Å². The number of nitrogen functional groups attached to an aromatic ring is 1. The Kier molecular flexibility index (Phi) is 7.16. The van der Waals surface area contributed by atoms with E-state index >= 15 is 0 Å². The smallest absolute Gasteiger partial charge is 0.410 e. The number of carbonyl (C=O) groups excluding carboxylic acids is 1. The lowest BCUT2D eigenvalue weighted by Gasteiger charge is -2.37. The van der Waals surface area contributed by atoms with Crippen molar-refractivity contribution in [3.8, 4) is 11.5 Å². The molecule has 32 heavy (non-hydrogen) atoms. The molecule has 0 unspecified atom stereocenters. The van der Waals surface area contributed by atoms with E-state index in [1.54, 1.807) is 42.3 Å². The SMILES string of the molecule is Cc1c(Oc2ccccc2F)ccc(N)c1N1CCC[C@@H](CN(C)C(=O)OC(C)(C)C)C1. The molecule has 0 saturated carbocycles. The zero-order valence-electron chi connectivity index (χ0n) is 19.7. The molecular formula is C25H34FN3O3. The Bertz CT molecular complexity index is 958. The number of piperidine rings is 1. The minimum atomic E-state index is -0.520. The average molecular weight is 444 g/mol. The van der Waals surface area contributed by atoms with E-state index in [2.05, 4.69) is 4.90 Å². The Morgan fingerprint density at radius 3 is 2.62 bits per heavy atom. The summed E-state index contributed by atoms with van der Waals surface area (Å²) < 4.78 is 25.4. The predicted molar refractivity (Wildman–Crippen MR) is 126 cm³/mol. The second kappa shape index (κ2) is 9.67. The Balaban J connectivity index is 1.74. The first kappa shape index (κ1) is 23.7. The van der Waals surface area contributed by atoms with Gasteiger partial charge in [-0.1, -0.05) is 12.1 Å². The molecule has 1 aliphatic rings. The Morgan fingerprint density at radius 2 is 1.94 bits per heavy atom. The molecule has 6 nitrogen and oxygen atoms in total. The van der Waals surface area contributed by atoms with E-state index in [0.29, 0.717) is 18.0 Å². The molecule has 1 saturated heterocycles. The third-order valence-electron chi connectivity index (χ3n) is 5.54. The lowest BCUT2D eigenvalue weighted by molar-refractivity contribution is 0.0269. The highest BCUT2D eigenvalue weighted by molar-refractivity contribution is 5.75. The molecule has 1 amide bonds. The van der Waals surface area contributed by atoms with E-state index in [0.717, 1.165) is 37.2 Å². The second-order valence-corrected chi connectivity index (χ2v) is 9.47. The van der Waals surface area contributed by atoms with Crippen LogP contribution in [0, 0.1) is 18.7 Å². The number of hydrogen-bond donors (Lipinski definition) is 1. The minimum absolute atomic E-state index is 0.182. The zero-order chi connectivity index (χ0) is 23.5. The van der Waals surface area contributed by atoms with Crippen molar-refractivity contribution < 1.29 is 18.7 Å². The fourth-order valence-corrected chi connectivity index (χ4v) is 4.10. The molecule has 1 atom stereocenters. The Morgan fingerprint density at radius 1 is 1.22 bits per heavy atom. The number of carbonyl (C=O) groups is 1. The van der Waals surface area contributed by atoms with Crippen LogP contribution < -0.4 is 15.4 Å². The highest BCUT2D eigenvalue weighted by Crippen LogP contribution is 2.38. The second-order valence-electron chi connectivity index (χ2n) is 9.47. The van der Waals surface area contributed by atoms with Gasteiger partial charge in [-0.05, 0) is 70.7 Å². The average Bonchev–Trinajstić information content (AvgIpc) is 2.71. The summed E-state index contributed by atoms with van der Waals surface area (Å²) in [5.74, 6) is 0.638. The molecule has 0 aromatic heterocycles. The summed E-state index contributed by atoms with van der Waals surface area (Å²) in [4.78, 5) is 16.3. The third-order valence-corrected chi connectivity index (χ3v) is 5.54. The molecule has 1 heterocycles. The van der Waals surface area contributed by atoms with Gasteiger partial charge in [0.25, 0.3) is 0 Å². The Hall–Kier alpha value is -2.96. The van der Waals surface area contributed by atoms with Crippen molar-refractivity contribution in [1.29, 1.82) is 0 Å². The number of para-hydroxylation sites is 1. The van der Waals surface area contributed by atoms with Gasteiger partial charge in [-0.15, -0.1) is 0 Å². The number of amides is 1. The molecule has 0 spiro atoms. The van der Waals surface area contributed by atoms with Crippen molar-refractivity contribution in [2.24, 2.45) is 5.92 Å². The maximum absolute atomic E-state index is 14.1. The first-order valence-electron chi connectivity index (χ1n) is 11.1. The fourth-order valence-electron chi connectivity index (χ4n) is 4.10. The van der Waals surface area contributed by atoms with Crippen molar-refractivity contribution in [2.45, 2.75) is 46.1 Å². The van der Waals surface area contributed by atoms with Crippen molar-refractivity contribution in [3.63, 3.8) is 0 Å². The molecule has 0 radical (unpaired) electrons. The summed E-state index contributed by atoms with van der Waals surface area (Å²) in [5, 5.41) is 0. The highest BCUT2D eigenvalue weighted by Gasteiger charge is 2.27. The predicted octanol–water partition coefficient (Wildman–Crippen LogP) is 5.59. The van der Waals surface area contributed by atoms with Crippen LogP contribution in [0.2, 0.25) is 0 Å². The van der Waals surface area contributed by atoms with Gasteiger partial charge in [-0.25, -0.2) is 9.18 Å². The van der Waals surface area contributed by atoms with E-state index in [1.165, 1.54) is 6.07 Å². The molecule has 3 rings (SSSR count). The van der Waals surface area contributed by atoms with Gasteiger partial charge in [-0.3, -0.25) is 0 Å². The first-order chi connectivity index (χ1) is 15.0. The van der Waals surface area contributed by atoms with Crippen LogP contribution in [0.4, 0.5) is 20.6 Å². The largest absolute Gasteiger partial charge is 0.454 e. The summed E-state index contributed by atoms with van der Waals surface area (Å²) >= 11 is 0. The van der Waals surface area contributed by atoms with Gasteiger partial charge < -0.3 is 25.0 Å². The maximum Gasteiger partial charge on any atom is 0.410 e. The number of anilines is 2. The summed E-state index contributed by atoms with van der Waals surface area (Å²) in [6.07, 6.45) is 1.70. The molecule has 174 valence electrons. The summed E-state index contributed by atoms with van der Waals surface area (Å²) in [6.45, 7) is 9.77. The minimum Gasteiger partial charge on any atom is -0.454 e. The van der Waals surface area contributed by atoms with Gasteiger partial charge in [0.1, 0.15) is 11.4 Å². The van der Waals surface area contributed by atoms with Crippen LogP contribution in [0.1, 0.15) is 39.2 Å². The number of hydrogen-bond acceptors (Lipinski definition) is 5. The zero-order valence-corrected chi connectivity index (χ0v) is 19.7. The van der Waals surface area contributed by atoms with Crippen LogP contribution in [-0.4, -0.2) is 43.3 Å². The van der Waals surface area contributed by atoms with E-state index in [4.69, 9.17) is 15.2 Å². The van der Waals surface area contributed by atoms with Crippen molar-refractivity contribution >= 4 is 17.5 Å². The Labute approximate surface area is 190 Å². The van der Waals surface area contributed by atoms with E-state index in [-0.39, 0.29) is 17.8 Å². The maximum atomic E-state index is 14.1. The molecule has 2 aromatic rings. The number of nitrogens with zero attached hydrogens (tertiary/aromatic N) is 2. The van der Waals surface area contributed by atoms with Crippen molar-refractivity contribution in [2.75, 3.05) is 37.3 Å². The van der Waals surface area contributed by atoms with Crippen LogP contribution in [0.25, 0.3) is 0 Å². The van der Waals surface area contributed by atoms with Gasteiger partial charge >= 0.3 is 6.09 Å². The monoisotopic (exact) mass is 443 g/mol. The van der Waals surface area contributed by atoms with Gasteiger partial charge in [0.05, 0.1) is 11.4 Å². The molecule has 7 heteroatoms. The standard InChI is InChI=1S/C25H34FN3O3/c1-17-21(31-22-11-7-6-10-19(22)26)13-12-20(27)23(17)29-14-8-9-18(16-29)15-28(5)24(30)32-25(2,3)4/h6-7,10-13,18H,8-9,14-16,27H2,1-5H3/t18-/m0/s1. The summed E-state index contributed by atoms with van der Waals surface area (Å²) in [7, 11) is 1.77. The number of ether oxygens (including phenoxy) is 2. The highest BCUT2D eigenvalue weighted by atomic mass is 19.1. The third kappa shape index (κ3) is 5.84. The molecule has 0 aliphatic carbocycles.